The summed E-state index contributed by atoms with van der Waals surface area (Å²) in [6, 6.07) is 0. The number of rotatable bonds is 0. The summed E-state index contributed by atoms with van der Waals surface area (Å²) in [4.78, 5) is 0. The average molecular weight is 376 g/mol. The van der Waals surface area contributed by atoms with Gasteiger partial charge < -0.3 is 32.9 Å². The third-order valence-corrected chi connectivity index (χ3v) is 0. The molecule has 0 fully saturated rings. The molecule has 0 aliphatic rings. The summed E-state index contributed by atoms with van der Waals surface area (Å²) in [5.41, 5.74) is 0. The third kappa shape index (κ3) is 215. The van der Waals surface area contributed by atoms with Gasteiger partial charge in [0.1, 0.15) is 0 Å². The van der Waals surface area contributed by atoms with Crippen LogP contribution >= 0.6 is 37.2 Å². The van der Waals surface area contributed by atoms with Gasteiger partial charge in [-0.05, 0) is 0 Å². The molecule has 0 saturated carbocycles. The minimum absolute atomic E-state index is 0. The molecule has 0 amide bonds. The molecule has 0 heterocycles. The van der Waals surface area contributed by atoms with Crippen molar-refractivity contribution in [2.45, 2.75) is 0 Å². The first-order valence-corrected chi connectivity index (χ1v) is 0. The number of hydrogen-bond acceptors (Lipinski definition) is 0. The second-order valence-electron chi connectivity index (χ2n) is 0. The summed E-state index contributed by atoms with van der Waals surface area (Å²) in [6.07, 6.45) is 0. The van der Waals surface area contributed by atoms with Crippen molar-refractivity contribution >= 4 is 37.2 Å². The van der Waals surface area contributed by atoms with E-state index < -0.39 is 0 Å². The first-order chi connectivity index (χ1) is 0. The summed E-state index contributed by atoms with van der Waals surface area (Å²) in [5.74, 6) is 0. The van der Waals surface area contributed by atoms with Gasteiger partial charge in [0.05, 0.1) is 0 Å². The molecule has 0 spiro atoms. The molecule has 0 rings (SSSR count). The van der Waals surface area contributed by atoms with Crippen LogP contribution in [0.4, 0.5) is 0 Å². The summed E-state index contributed by atoms with van der Waals surface area (Å²) in [5, 5.41) is 0. The fourth-order valence-corrected chi connectivity index (χ4v) is 0. The maximum atomic E-state index is 0. The molecule has 0 saturated heterocycles. The Bertz CT molecular complexity index is 13.0. The van der Waals surface area contributed by atoms with Crippen LogP contribution in [0.15, 0.2) is 0 Å². The topological polar surface area (TPSA) is 189 Å². The Morgan fingerprint density at radius 2 is 0.300 bits per heavy atom. The SMILES string of the molecule is Cl.Cl.Cl.O.O.O.O.O.O.[Tb]. The van der Waals surface area contributed by atoms with E-state index in [2.05, 4.69) is 0 Å². The van der Waals surface area contributed by atoms with Crippen molar-refractivity contribution in [1.82, 2.24) is 0 Å². The third-order valence-electron chi connectivity index (χ3n) is 0. The summed E-state index contributed by atoms with van der Waals surface area (Å²) in [7, 11) is 0. The van der Waals surface area contributed by atoms with Gasteiger partial charge in [0.2, 0.25) is 0 Å². The van der Waals surface area contributed by atoms with E-state index >= 15 is 0 Å². The average Bonchev–Trinajstić information content (AvgIpc) is 0. The van der Waals surface area contributed by atoms with Crippen LogP contribution < -0.4 is 0 Å². The minimum Gasteiger partial charge on any atom is -0.412 e. The molecule has 0 aliphatic heterocycles. The molecule has 12 N–H and O–H groups in total. The van der Waals surface area contributed by atoms with Crippen LogP contribution in [0.2, 0.25) is 0 Å². The molecule has 1 radical (unpaired) electrons. The van der Waals surface area contributed by atoms with Crippen LogP contribution in [0.25, 0.3) is 0 Å². The molecule has 0 aromatic rings. The van der Waals surface area contributed by atoms with Crippen molar-refractivity contribution in [2.75, 3.05) is 0 Å². The predicted octanol–water partition coefficient (Wildman–Crippen LogP) is -3.68. The molecule has 0 aliphatic carbocycles. The molecular weight excluding hydrogens is 361 g/mol. The van der Waals surface area contributed by atoms with E-state index in [-0.39, 0.29) is 109 Å². The van der Waals surface area contributed by atoms with Crippen molar-refractivity contribution in [1.29, 1.82) is 0 Å². The largest absolute Gasteiger partial charge is 0.412 e. The second-order valence-corrected chi connectivity index (χ2v) is 0. The van der Waals surface area contributed by atoms with Gasteiger partial charge in [0, 0.05) is 38.6 Å². The molecule has 0 aromatic carbocycles. The molecule has 0 unspecified atom stereocenters. The first-order valence-electron chi connectivity index (χ1n) is 0. The maximum absolute atomic E-state index is 0. The fraction of sp³-hybridized carbons (Fsp3) is 0. The summed E-state index contributed by atoms with van der Waals surface area (Å²) in [6.45, 7) is 0. The van der Waals surface area contributed by atoms with E-state index in [1.165, 1.54) is 0 Å². The first kappa shape index (κ1) is 387. The number of halogens is 3. The molecule has 0 atom stereocenters. The normalized spacial score (nSPS) is 0. The number of hydrogen-bond donors (Lipinski definition) is 0. The van der Waals surface area contributed by atoms with E-state index in [1.54, 1.807) is 0 Å². The molecule has 6 nitrogen and oxygen atoms in total. The molecular formula is H15Cl3O6Tb. The summed E-state index contributed by atoms with van der Waals surface area (Å²) < 4.78 is 0. The maximum Gasteiger partial charge on any atom is 0 e. The van der Waals surface area contributed by atoms with Crippen molar-refractivity contribution in [3.8, 4) is 0 Å². The van der Waals surface area contributed by atoms with E-state index in [0.717, 1.165) is 0 Å². The Morgan fingerprint density at radius 3 is 0.300 bits per heavy atom. The zero-order valence-electron chi connectivity index (χ0n) is 4.56. The van der Waals surface area contributed by atoms with Crippen molar-refractivity contribution in [3.05, 3.63) is 0 Å². The van der Waals surface area contributed by atoms with Gasteiger partial charge in [-0.25, -0.2) is 0 Å². The molecule has 10 heavy (non-hydrogen) atoms. The van der Waals surface area contributed by atoms with Crippen molar-refractivity contribution in [2.24, 2.45) is 0 Å². The Labute approximate surface area is 108 Å². The predicted molar refractivity (Wildman–Crippen MR) is 43.4 cm³/mol. The van der Waals surface area contributed by atoms with Crippen molar-refractivity contribution in [3.63, 3.8) is 0 Å². The van der Waals surface area contributed by atoms with E-state index in [9.17, 15) is 0 Å². The van der Waals surface area contributed by atoms with Crippen LogP contribution in [0.5, 0.6) is 0 Å². The van der Waals surface area contributed by atoms with Crippen LogP contribution in [-0.2, 0) is 0 Å². The molecule has 81 valence electrons. The fourth-order valence-electron chi connectivity index (χ4n) is 0. The van der Waals surface area contributed by atoms with Crippen LogP contribution in [0, 0.1) is 38.6 Å². The quantitative estimate of drug-likeness (QED) is 0.403. The zero-order valence-corrected chi connectivity index (χ0v) is 9.15. The van der Waals surface area contributed by atoms with Crippen molar-refractivity contribution < 1.29 is 71.5 Å². The van der Waals surface area contributed by atoms with Crippen LogP contribution in [0.1, 0.15) is 0 Å². The van der Waals surface area contributed by atoms with E-state index in [0.29, 0.717) is 0 Å². The van der Waals surface area contributed by atoms with Gasteiger partial charge in [0.25, 0.3) is 0 Å². The van der Waals surface area contributed by atoms with E-state index in [4.69, 9.17) is 0 Å². The smallest absolute Gasteiger partial charge is 0 e. The van der Waals surface area contributed by atoms with Gasteiger partial charge >= 0.3 is 0 Å². The Morgan fingerprint density at radius 1 is 0.300 bits per heavy atom. The van der Waals surface area contributed by atoms with Gasteiger partial charge in [-0.15, -0.1) is 37.2 Å². The monoisotopic (exact) mass is 375 g/mol. The van der Waals surface area contributed by atoms with Crippen LogP contribution in [0.3, 0.4) is 0 Å². The van der Waals surface area contributed by atoms with Gasteiger partial charge in [-0.3, -0.25) is 0 Å². The minimum atomic E-state index is 0. The summed E-state index contributed by atoms with van der Waals surface area (Å²) >= 11 is 0. The Hall–Kier alpha value is 1.92. The van der Waals surface area contributed by atoms with Gasteiger partial charge in [-0.2, -0.15) is 0 Å². The zero-order chi connectivity index (χ0) is 0. The Balaban J connectivity index is 0. The molecule has 0 aromatic heterocycles. The van der Waals surface area contributed by atoms with Gasteiger partial charge in [0.15, 0.2) is 0 Å². The molecule has 0 bridgehead atoms. The van der Waals surface area contributed by atoms with Gasteiger partial charge in [-0.1, -0.05) is 0 Å². The standard InChI is InChI=1S/3ClH.6H2O.Tb/h3*1H;6*1H2;. The Kier molecular flexibility index (Phi) is 11300. The second kappa shape index (κ2) is 292. The van der Waals surface area contributed by atoms with E-state index in [1.807, 2.05) is 0 Å². The van der Waals surface area contributed by atoms with Crippen LogP contribution in [-0.4, -0.2) is 32.9 Å². The molecule has 10 heteroatoms.